The Kier molecular flexibility index (Phi) is 10.2. The van der Waals surface area contributed by atoms with Gasteiger partial charge in [-0.3, -0.25) is 13.9 Å². The van der Waals surface area contributed by atoms with Gasteiger partial charge < -0.3 is 10.2 Å². The molecule has 9 heteroatoms. The average Bonchev–Trinajstić information content (AvgIpc) is 2.73. The fourth-order valence-corrected chi connectivity index (χ4v) is 5.04. The van der Waals surface area contributed by atoms with Crippen molar-refractivity contribution in [1.29, 1.82) is 0 Å². The van der Waals surface area contributed by atoms with Crippen LogP contribution in [-0.2, 0) is 26.2 Å². The van der Waals surface area contributed by atoms with Crippen LogP contribution in [0.2, 0.25) is 5.02 Å². The molecular weight excluding hydrogens is 486 g/mol. The summed E-state index contributed by atoms with van der Waals surface area (Å²) < 4.78 is 26.3. The van der Waals surface area contributed by atoms with Gasteiger partial charge in [-0.2, -0.15) is 0 Å². The number of amides is 2. The van der Waals surface area contributed by atoms with E-state index in [1.54, 1.807) is 19.1 Å². The van der Waals surface area contributed by atoms with E-state index in [1.807, 2.05) is 58.0 Å². The Bertz CT molecular complexity index is 1130. The summed E-state index contributed by atoms with van der Waals surface area (Å²) in [5, 5.41) is 3.36. The van der Waals surface area contributed by atoms with E-state index in [0.29, 0.717) is 17.1 Å². The van der Waals surface area contributed by atoms with E-state index in [4.69, 9.17) is 11.6 Å². The first-order chi connectivity index (χ1) is 16.3. The highest BCUT2D eigenvalue weighted by atomic mass is 35.5. The maximum absolute atomic E-state index is 13.3. The second-order valence-corrected chi connectivity index (χ2v) is 11.6. The molecular formula is C26H36ClN3O4S. The summed E-state index contributed by atoms with van der Waals surface area (Å²) >= 11 is 6.32. The maximum Gasteiger partial charge on any atom is 0.242 e. The molecule has 2 aromatic carbocycles. The lowest BCUT2D eigenvalue weighted by Gasteiger charge is -2.30. The van der Waals surface area contributed by atoms with Gasteiger partial charge in [0.15, 0.2) is 0 Å². The first-order valence-corrected chi connectivity index (χ1v) is 13.9. The summed E-state index contributed by atoms with van der Waals surface area (Å²) in [5.41, 5.74) is 3.23. The number of halogens is 1. The molecule has 0 radical (unpaired) electrons. The Hall–Kier alpha value is -2.58. The van der Waals surface area contributed by atoms with Crippen LogP contribution in [-0.4, -0.2) is 50.0 Å². The molecule has 0 spiro atoms. The van der Waals surface area contributed by atoms with E-state index in [0.717, 1.165) is 22.9 Å². The van der Waals surface area contributed by atoms with Crippen LogP contribution in [0.4, 0.5) is 5.69 Å². The van der Waals surface area contributed by atoms with Gasteiger partial charge in [0, 0.05) is 30.6 Å². The van der Waals surface area contributed by atoms with Gasteiger partial charge >= 0.3 is 0 Å². The molecule has 1 unspecified atom stereocenters. The van der Waals surface area contributed by atoms with Crippen molar-refractivity contribution < 1.29 is 18.0 Å². The lowest BCUT2D eigenvalue weighted by atomic mass is 10.1. The van der Waals surface area contributed by atoms with E-state index in [9.17, 15) is 18.0 Å². The fourth-order valence-electron chi connectivity index (χ4n) is 3.90. The normalized spacial score (nSPS) is 12.3. The lowest BCUT2D eigenvalue weighted by molar-refractivity contribution is -0.140. The summed E-state index contributed by atoms with van der Waals surface area (Å²) in [5.74, 6) is -0.501. The van der Waals surface area contributed by atoms with Crippen LogP contribution >= 0.6 is 11.6 Å². The SMILES string of the molecule is Cc1cc(C)cc(N(CCCC(=O)N(Cc2ccccc2Cl)C(C)C(=O)NC(C)C)S(C)(=O)=O)c1. The second-order valence-electron chi connectivity index (χ2n) is 9.24. The zero-order valence-electron chi connectivity index (χ0n) is 21.3. The monoisotopic (exact) mass is 521 g/mol. The number of benzene rings is 2. The largest absolute Gasteiger partial charge is 0.352 e. The smallest absolute Gasteiger partial charge is 0.242 e. The van der Waals surface area contributed by atoms with Gasteiger partial charge in [0.05, 0.1) is 11.9 Å². The minimum Gasteiger partial charge on any atom is -0.352 e. The highest BCUT2D eigenvalue weighted by Crippen LogP contribution is 2.23. The highest BCUT2D eigenvalue weighted by molar-refractivity contribution is 7.92. The number of nitrogens with zero attached hydrogens (tertiary/aromatic N) is 2. The van der Waals surface area contributed by atoms with Crippen molar-refractivity contribution in [3.8, 4) is 0 Å². The Morgan fingerprint density at radius 3 is 2.17 bits per heavy atom. The predicted molar refractivity (Wildman–Crippen MR) is 142 cm³/mol. The molecule has 2 aromatic rings. The molecule has 2 rings (SSSR count). The van der Waals surface area contributed by atoms with Gasteiger partial charge in [-0.1, -0.05) is 35.9 Å². The minimum atomic E-state index is -3.54. The number of carbonyl (C=O) groups excluding carboxylic acids is 2. The molecule has 0 fully saturated rings. The number of hydrogen-bond acceptors (Lipinski definition) is 4. The van der Waals surface area contributed by atoms with Crippen LogP contribution in [0.15, 0.2) is 42.5 Å². The number of anilines is 1. The van der Waals surface area contributed by atoms with Crippen molar-refractivity contribution in [3.05, 3.63) is 64.2 Å². The Balaban J connectivity index is 2.21. The van der Waals surface area contributed by atoms with Gasteiger partial charge in [0.25, 0.3) is 0 Å². The van der Waals surface area contributed by atoms with E-state index in [-0.39, 0.29) is 37.4 Å². The van der Waals surface area contributed by atoms with E-state index < -0.39 is 16.1 Å². The van der Waals surface area contributed by atoms with Crippen molar-refractivity contribution in [2.24, 2.45) is 0 Å². The van der Waals surface area contributed by atoms with Crippen molar-refractivity contribution in [2.45, 2.75) is 66.1 Å². The van der Waals surface area contributed by atoms with Crippen molar-refractivity contribution in [1.82, 2.24) is 10.2 Å². The average molecular weight is 522 g/mol. The number of aryl methyl sites for hydroxylation is 2. The number of rotatable bonds is 11. The molecule has 1 N–H and O–H groups in total. The second kappa shape index (κ2) is 12.4. The summed E-state index contributed by atoms with van der Waals surface area (Å²) in [6.45, 7) is 9.56. The summed E-state index contributed by atoms with van der Waals surface area (Å²) in [7, 11) is -3.54. The Morgan fingerprint density at radius 2 is 1.63 bits per heavy atom. The highest BCUT2D eigenvalue weighted by Gasteiger charge is 2.27. The molecule has 2 amide bonds. The first-order valence-electron chi connectivity index (χ1n) is 11.7. The van der Waals surface area contributed by atoms with Crippen molar-refractivity contribution >= 4 is 39.1 Å². The predicted octanol–water partition coefficient (Wildman–Crippen LogP) is 4.44. The summed E-state index contributed by atoms with van der Waals surface area (Å²) in [6.07, 6.45) is 1.55. The van der Waals surface area contributed by atoms with Crippen LogP contribution in [0.1, 0.15) is 50.3 Å². The number of nitrogens with one attached hydrogen (secondary N) is 1. The van der Waals surface area contributed by atoms with Crippen LogP contribution < -0.4 is 9.62 Å². The molecule has 0 saturated carbocycles. The third-order valence-electron chi connectivity index (χ3n) is 5.54. The third-order valence-corrected chi connectivity index (χ3v) is 7.11. The van der Waals surface area contributed by atoms with Gasteiger partial charge in [-0.05, 0) is 75.9 Å². The number of hydrogen-bond donors (Lipinski definition) is 1. The third kappa shape index (κ3) is 8.54. The Morgan fingerprint density at radius 1 is 1.03 bits per heavy atom. The lowest BCUT2D eigenvalue weighted by Crippen LogP contribution is -2.49. The molecule has 1 atom stereocenters. The molecule has 0 heterocycles. The zero-order valence-corrected chi connectivity index (χ0v) is 22.9. The fraction of sp³-hybridized carbons (Fsp3) is 0.462. The van der Waals surface area contributed by atoms with Gasteiger partial charge in [0.1, 0.15) is 6.04 Å². The van der Waals surface area contributed by atoms with Crippen LogP contribution in [0.5, 0.6) is 0 Å². The van der Waals surface area contributed by atoms with Crippen molar-refractivity contribution in [2.75, 3.05) is 17.1 Å². The molecule has 0 bridgehead atoms. The van der Waals surface area contributed by atoms with Gasteiger partial charge in [0.2, 0.25) is 21.8 Å². The molecule has 0 saturated heterocycles. The molecule has 0 aliphatic heterocycles. The molecule has 0 aromatic heterocycles. The first kappa shape index (κ1) is 28.7. The van der Waals surface area contributed by atoms with Crippen molar-refractivity contribution in [3.63, 3.8) is 0 Å². The molecule has 192 valence electrons. The minimum absolute atomic E-state index is 0.0664. The number of carbonyl (C=O) groups is 2. The molecule has 7 nitrogen and oxygen atoms in total. The van der Waals surface area contributed by atoms with E-state index in [1.165, 1.54) is 9.21 Å². The molecule has 0 aliphatic carbocycles. The van der Waals surface area contributed by atoms with Crippen LogP contribution in [0, 0.1) is 13.8 Å². The summed E-state index contributed by atoms with van der Waals surface area (Å²) in [6, 6.07) is 12.0. The maximum atomic E-state index is 13.3. The van der Waals surface area contributed by atoms with Crippen LogP contribution in [0.25, 0.3) is 0 Å². The molecule has 35 heavy (non-hydrogen) atoms. The van der Waals surface area contributed by atoms with Gasteiger partial charge in [-0.15, -0.1) is 0 Å². The van der Waals surface area contributed by atoms with Crippen LogP contribution in [0.3, 0.4) is 0 Å². The molecule has 0 aliphatic rings. The topological polar surface area (TPSA) is 86.8 Å². The van der Waals surface area contributed by atoms with E-state index >= 15 is 0 Å². The van der Waals surface area contributed by atoms with E-state index in [2.05, 4.69) is 5.32 Å². The van der Waals surface area contributed by atoms with Gasteiger partial charge in [-0.25, -0.2) is 8.42 Å². The summed E-state index contributed by atoms with van der Waals surface area (Å²) in [4.78, 5) is 27.5. The zero-order chi connectivity index (χ0) is 26.3. The Labute approximate surface area is 214 Å². The quantitative estimate of drug-likeness (QED) is 0.473. The standard InChI is InChI=1S/C26H36ClN3O4S/c1-18(2)28-26(32)21(5)29(17-22-10-7-8-11-24(22)27)25(31)12-9-13-30(35(6,33)34)23-15-19(3)14-20(4)16-23/h7-8,10-11,14-16,18,21H,9,12-13,17H2,1-6H3,(H,28,32). The number of sulfonamides is 1.